The van der Waals surface area contributed by atoms with Crippen molar-refractivity contribution >= 4 is 5.97 Å². The average molecular weight is 297 g/mol. The summed E-state index contributed by atoms with van der Waals surface area (Å²) in [5, 5.41) is 8.73. The SMILES string of the molecule is O=C(O)CCCN(Cc1cc(F)ccc1F)C1CCCC1. The first-order valence-corrected chi connectivity index (χ1v) is 7.46. The average Bonchev–Trinajstić information content (AvgIpc) is 2.95. The van der Waals surface area contributed by atoms with Crippen LogP contribution in [-0.2, 0) is 11.3 Å². The highest BCUT2D eigenvalue weighted by Crippen LogP contribution is 2.26. The third-order valence-electron chi connectivity index (χ3n) is 4.06. The smallest absolute Gasteiger partial charge is 0.303 e. The summed E-state index contributed by atoms with van der Waals surface area (Å²) < 4.78 is 27.0. The lowest BCUT2D eigenvalue weighted by atomic mass is 10.1. The molecule has 0 bridgehead atoms. The maximum absolute atomic E-state index is 13.8. The Labute approximate surface area is 123 Å². The van der Waals surface area contributed by atoms with E-state index in [0.717, 1.165) is 37.8 Å². The molecule has 1 aliphatic carbocycles. The Morgan fingerprint density at radius 2 is 2.00 bits per heavy atom. The van der Waals surface area contributed by atoms with E-state index in [2.05, 4.69) is 4.90 Å². The molecule has 1 saturated carbocycles. The zero-order chi connectivity index (χ0) is 15.2. The minimum absolute atomic E-state index is 0.106. The first-order chi connectivity index (χ1) is 10.1. The summed E-state index contributed by atoms with van der Waals surface area (Å²) >= 11 is 0. The Bertz CT molecular complexity index is 487. The van der Waals surface area contributed by atoms with Crippen LogP contribution in [0.2, 0.25) is 0 Å². The molecule has 1 aromatic carbocycles. The lowest BCUT2D eigenvalue weighted by Crippen LogP contribution is -2.34. The van der Waals surface area contributed by atoms with Crippen LogP contribution in [0.15, 0.2) is 18.2 Å². The van der Waals surface area contributed by atoms with Gasteiger partial charge in [-0.1, -0.05) is 12.8 Å². The molecule has 0 amide bonds. The molecule has 1 aromatic rings. The fourth-order valence-corrected chi connectivity index (χ4v) is 2.98. The van der Waals surface area contributed by atoms with Crippen LogP contribution in [-0.4, -0.2) is 28.6 Å². The number of carbonyl (C=O) groups is 1. The van der Waals surface area contributed by atoms with Gasteiger partial charge in [0.15, 0.2) is 0 Å². The van der Waals surface area contributed by atoms with Crippen molar-refractivity contribution in [1.29, 1.82) is 0 Å². The first-order valence-electron chi connectivity index (χ1n) is 7.46. The van der Waals surface area contributed by atoms with Crippen molar-refractivity contribution in [3.8, 4) is 0 Å². The predicted octanol–water partition coefficient (Wildman–Crippen LogP) is 3.57. The minimum Gasteiger partial charge on any atom is -0.481 e. The summed E-state index contributed by atoms with van der Waals surface area (Å²) in [5.74, 6) is -1.67. The second kappa shape index (κ2) is 7.50. The largest absolute Gasteiger partial charge is 0.481 e. The molecule has 0 radical (unpaired) electrons. The predicted molar refractivity (Wildman–Crippen MR) is 75.9 cm³/mol. The summed E-state index contributed by atoms with van der Waals surface area (Å²) in [4.78, 5) is 12.7. The van der Waals surface area contributed by atoms with Gasteiger partial charge >= 0.3 is 5.97 Å². The minimum atomic E-state index is -0.821. The summed E-state index contributed by atoms with van der Waals surface area (Å²) in [6.07, 6.45) is 5.02. The van der Waals surface area contributed by atoms with Crippen LogP contribution < -0.4 is 0 Å². The highest BCUT2D eigenvalue weighted by Gasteiger charge is 2.23. The summed E-state index contributed by atoms with van der Waals surface area (Å²) in [6.45, 7) is 0.945. The lowest BCUT2D eigenvalue weighted by Gasteiger charge is -2.29. The van der Waals surface area contributed by atoms with E-state index >= 15 is 0 Å². The van der Waals surface area contributed by atoms with E-state index in [1.807, 2.05) is 0 Å². The van der Waals surface area contributed by atoms with Crippen molar-refractivity contribution in [3.05, 3.63) is 35.4 Å². The van der Waals surface area contributed by atoms with Gasteiger partial charge in [-0.15, -0.1) is 0 Å². The van der Waals surface area contributed by atoms with Gasteiger partial charge in [-0.3, -0.25) is 9.69 Å². The van der Waals surface area contributed by atoms with Crippen LogP contribution in [0.25, 0.3) is 0 Å². The van der Waals surface area contributed by atoms with Crippen molar-refractivity contribution in [3.63, 3.8) is 0 Å². The van der Waals surface area contributed by atoms with Crippen LogP contribution in [0.4, 0.5) is 8.78 Å². The van der Waals surface area contributed by atoms with Gasteiger partial charge in [0.1, 0.15) is 11.6 Å². The second-order valence-electron chi connectivity index (χ2n) is 5.64. The lowest BCUT2D eigenvalue weighted by molar-refractivity contribution is -0.137. The van der Waals surface area contributed by atoms with Gasteiger partial charge in [-0.05, 0) is 44.0 Å². The van der Waals surface area contributed by atoms with Gasteiger partial charge in [0.25, 0.3) is 0 Å². The molecule has 0 heterocycles. The maximum Gasteiger partial charge on any atom is 0.303 e. The van der Waals surface area contributed by atoms with E-state index in [1.165, 1.54) is 6.07 Å². The highest BCUT2D eigenvalue weighted by atomic mass is 19.1. The Hall–Kier alpha value is -1.49. The Kier molecular flexibility index (Phi) is 5.67. The highest BCUT2D eigenvalue weighted by molar-refractivity contribution is 5.66. The van der Waals surface area contributed by atoms with Crippen LogP contribution >= 0.6 is 0 Å². The molecule has 116 valence electrons. The van der Waals surface area contributed by atoms with Gasteiger partial charge in [0.2, 0.25) is 0 Å². The van der Waals surface area contributed by atoms with Crippen LogP contribution in [0.3, 0.4) is 0 Å². The van der Waals surface area contributed by atoms with Crippen LogP contribution in [0.1, 0.15) is 44.1 Å². The summed E-state index contributed by atoms with van der Waals surface area (Å²) in [7, 11) is 0. The zero-order valence-electron chi connectivity index (χ0n) is 12.0. The standard InChI is InChI=1S/C16H21F2NO2/c17-13-7-8-15(18)12(10-13)11-19(9-3-6-16(20)21)14-4-1-2-5-14/h7-8,10,14H,1-6,9,11H2,(H,20,21). The zero-order valence-corrected chi connectivity index (χ0v) is 12.0. The third kappa shape index (κ3) is 4.77. The number of hydrogen-bond donors (Lipinski definition) is 1. The number of carboxylic acids is 1. The number of rotatable bonds is 7. The van der Waals surface area contributed by atoms with E-state index in [9.17, 15) is 13.6 Å². The topological polar surface area (TPSA) is 40.5 Å². The number of aliphatic carboxylic acids is 1. The monoisotopic (exact) mass is 297 g/mol. The molecule has 21 heavy (non-hydrogen) atoms. The number of benzene rings is 1. The Balaban J connectivity index is 2.03. The molecule has 0 spiro atoms. The second-order valence-corrected chi connectivity index (χ2v) is 5.64. The van der Waals surface area contributed by atoms with E-state index in [1.54, 1.807) is 0 Å². The van der Waals surface area contributed by atoms with Crippen LogP contribution in [0.5, 0.6) is 0 Å². The fraction of sp³-hybridized carbons (Fsp3) is 0.562. The molecule has 1 N–H and O–H groups in total. The molecule has 1 aliphatic rings. The van der Waals surface area contributed by atoms with Gasteiger partial charge in [-0.2, -0.15) is 0 Å². The molecular formula is C16H21F2NO2. The quantitative estimate of drug-likeness (QED) is 0.836. The molecule has 2 rings (SSSR count). The van der Waals surface area contributed by atoms with Crippen molar-refractivity contribution in [1.82, 2.24) is 4.90 Å². The third-order valence-corrected chi connectivity index (χ3v) is 4.06. The van der Waals surface area contributed by atoms with E-state index in [0.29, 0.717) is 31.1 Å². The number of hydrogen-bond acceptors (Lipinski definition) is 2. The van der Waals surface area contributed by atoms with Gasteiger partial charge in [0.05, 0.1) is 0 Å². The van der Waals surface area contributed by atoms with E-state index < -0.39 is 17.6 Å². The maximum atomic E-state index is 13.8. The first kappa shape index (κ1) is 15.9. The molecule has 0 aromatic heterocycles. The van der Waals surface area contributed by atoms with Gasteiger partial charge in [-0.25, -0.2) is 8.78 Å². The molecule has 0 unspecified atom stereocenters. The Morgan fingerprint density at radius 1 is 1.29 bits per heavy atom. The summed E-state index contributed by atoms with van der Waals surface area (Å²) in [6, 6.07) is 3.84. The van der Waals surface area contributed by atoms with Gasteiger partial charge in [0, 0.05) is 24.6 Å². The van der Waals surface area contributed by atoms with E-state index in [4.69, 9.17) is 5.11 Å². The molecule has 0 saturated heterocycles. The number of carboxylic acid groups (broad SMARTS) is 1. The van der Waals surface area contributed by atoms with Gasteiger partial charge < -0.3 is 5.11 Å². The van der Waals surface area contributed by atoms with Crippen LogP contribution in [0, 0.1) is 11.6 Å². The van der Waals surface area contributed by atoms with Crippen molar-refractivity contribution in [2.24, 2.45) is 0 Å². The molecule has 0 aliphatic heterocycles. The Morgan fingerprint density at radius 3 is 2.67 bits per heavy atom. The fourth-order valence-electron chi connectivity index (χ4n) is 2.98. The molecule has 3 nitrogen and oxygen atoms in total. The van der Waals surface area contributed by atoms with Crippen molar-refractivity contribution in [2.75, 3.05) is 6.54 Å². The number of nitrogens with zero attached hydrogens (tertiary/aromatic N) is 1. The molecule has 5 heteroatoms. The molecule has 1 fully saturated rings. The summed E-state index contributed by atoms with van der Waals surface area (Å²) in [5.41, 5.74) is 0.345. The number of halogens is 2. The molecular weight excluding hydrogens is 276 g/mol. The van der Waals surface area contributed by atoms with Crippen molar-refractivity contribution in [2.45, 2.75) is 51.1 Å². The van der Waals surface area contributed by atoms with E-state index in [-0.39, 0.29) is 6.42 Å². The normalized spacial score (nSPS) is 15.8. The molecule has 0 atom stereocenters. The van der Waals surface area contributed by atoms with Crippen molar-refractivity contribution < 1.29 is 18.7 Å².